The maximum absolute atomic E-state index is 11.3. The van der Waals surface area contributed by atoms with Crippen LogP contribution < -0.4 is 9.80 Å². The van der Waals surface area contributed by atoms with Gasteiger partial charge in [0, 0.05) is 24.3 Å². The van der Waals surface area contributed by atoms with E-state index >= 15 is 0 Å². The number of anilines is 2. The Bertz CT molecular complexity index is 1310. The predicted molar refractivity (Wildman–Crippen MR) is 118 cm³/mol. The van der Waals surface area contributed by atoms with Gasteiger partial charge < -0.3 is 9.11 Å². The van der Waals surface area contributed by atoms with Crippen molar-refractivity contribution in [3.05, 3.63) is 72.8 Å². The standard InChI is InChI=1S/2C10H7NO5S.Ba/c2*12-9-5-6-10(13)11(9)7-1-3-8(4-2-7)17(14,15)16;/h2*1-6H,(H,14,15,16);/q;;+2/p-2. The van der Waals surface area contributed by atoms with Crippen LogP contribution in [0.3, 0.4) is 0 Å². The SMILES string of the molecule is O=C1C=CC(=O)N1c1ccc(S(=O)(=O)[O-])cc1.O=C1C=CC(=O)N1c1ccc(S(=O)(=O)[O-])cc1.[Ba+2]. The summed E-state index contributed by atoms with van der Waals surface area (Å²) in [4.78, 5) is 46.2. The molecule has 0 saturated carbocycles. The fraction of sp³-hybridized carbons (Fsp3) is 0. The minimum absolute atomic E-state index is 0. The van der Waals surface area contributed by atoms with E-state index in [1.807, 2.05) is 0 Å². The number of carbonyl (C=O) groups is 4. The molecule has 15 heteroatoms. The molecule has 35 heavy (non-hydrogen) atoms. The Morgan fingerprint density at radius 3 is 0.914 bits per heavy atom. The molecule has 12 nitrogen and oxygen atoms in total. The summed E-state index contributed by atoms with van der Waals surface area (Å²) in [5.74, 6) is -2.03. The molecule has 2 aliphatic heterocycles. The van der Waals surface area contributed by atoms with Crippen molar-refractivity contribution in [3.8, 4) is 0 Å². The van der Waals surface area contributed by atoms with Crippen LogP contribution in [0.2, 0.25) is 0 Å². The summed E-state index contributed by atoms with van der Waals surface area (Å²) >= 11 is 0. The van der Waals surface area contributed by atoms with Crippen LogP contribution in [-0.4, -0.2) is 98.5 Å². The molecule has 0 atom stereocenters. The zero-order valence-electron chi connectivity index (χ0n) is 17.4. The van der Waals surface area contributed by atoms with E-state index in [0.29, 0.717) is 0 Å². The van der Waals surface area contributed by atoms with Gasteiger partial charge in [-0.15, -0.1) is 0 Å². The van der Waals surface area contributed by atoms with E-state index < -0.39 is 53.7 Å². The van der Waals surface area contributed by atoms with E-state index in [-0.39, 0.29) is 60.3 Å². The number of benzene rings is 2. The molecule has 4 amide bonds. The first-order valence-corrected chi connectivity index (χ1v) is 11.8. The number of nitrogens with zero attached hydrogens (tertiary/aromatic N) is 2. The first-order valence-electron chi connectivity index (χ1n) is 9.03. The molecule has 0 aliphatic carbocycles. The monoisotopic (exact) mass is 642 g/mol. The molecular weight excluding hydrogens is 630 g/mol. The average molecular weight is 642 g/mol. The topological polar surface area (TPSA) is 189 Å². The summed E-state index contributed by atoms with van der Waals surface area (Å²) < 4.78 is 64.1. The fourth-order valence-corrected chi connectivity index (χ4v) is 3.77. The predicted octanol–water partition coefficient (Wildman–Crippen LogP) is -0.341. The second-order valence-electron chi connectivity index (χ2n) is 6.59. The van der Waals surface area contributed by atoms with Gasteiger partial charge in [0.25, 0.3) is 23.6 Å². The Kier molecular flexibility index (Phi) is 9.15. The smallest absolute Gasteiger partial charge is 0.744 e. The Morgan fingerprint density at radius 2 is 0.714 bits per heavy atom. The van der Waals surface area contributed by atoms with Crippen molar-refractivity contribution >= 4 is 104 Å². The van der Waals surface area contributed by atoms with Gasteiger partial charge in [-0.25, -0.2) is 26.6 Å². The van der Waals surface area contributed by atoms with Crippen LogP contribution in [0.1, 0.15) is 0 Å². The van der Waals surface area contributed by atoms with Gasteiger partial charge in [0.1, 0.15) is 20.2 Å². The number of hydrogen-bond acceptors (Lipinski definition) is 10. The Morgan fingerprint density at radius 1 is 0.486 bits per heavy atom. The largest absolute Gasteiger partial charge is 2.00 e. The minimum atomic E-state index is -4.52. The molecule has 2 aromatic carbocycles. The van der Waals surface area contributed by atoms with E-state index in [2.05, 4.69) is 0 Å². The number of amides is 4. The van der Waals surface area contributed by atoms with E-state index in [0.717, 1.165) is 58.4 Å². The molecule has 0 saturated heterocycles. The van der Waals surface area contributed by atoms with Crippen LogP contribution in [0.4, 0.5) is 11.4 Å². The molecule has 0 bridgehead atoms. The van der Waals surface area contributed by atoms with Gasteiger partial charge >= 0.3 is 48.9 Å². The van der Waals surface area contributed by atoms with Crippen LogP contribution >= 0.6 is 0 Å². The third-order valence-corrected chi connectivity index (χ3v) is 6.08. The maximum Gasteiger partial charge on any atom is 2.00 e. The van der Waals surface area contributed by atoms with E-state index in [1.165, 1.54) is 24.3 Å². The first-order chi connectivity index (χ1) is 15.8. The summed E-state index contributed by atoms with van der Waals surface area (Å²) in [6.07, 6.45) is 4.45. The van der Waals surface area contributed by atoms with E-state index in [9.17, 15) is 45.1 Å². The molecule has 0 unspecified atom stereocenters. The van der Waals surface area contributed by atoms with Crippen LogP contribution in [0.15, 0.2) is 82.6 Å². The summed E-state index contributed by atoms with van der Waals surface area (Å²) in [6.45, 7) is 0. The van der Waals surface area contributed by atoms with Crippen molar-refractivity contribution in [3.63, 3.8) is 0 Å². The van der Waals surface area contributed by atoms with Crippen molar-refractivity contribution in [2.45, 2.75) is 9.79 Å². The van der Waals surface area contributed by atoms with Gasteiger partial charge in [0.05, 0.1) is 21.2 Å². The van der Waals surface area contributed by atoms with Crippen molar-refractivity contribution in [1.82, 2.24) is 0 Å². The number of imide groups is 2. The molecule has 2 aromatic rings. The first kappa shape index (κ1) is 28.8. The number of rotatable bonds is 4. The summed E-state index contributed by atoms with van der Waals surface area (Å²) in [5, 5.41) is 0. The third-order valence-electron chi connectivity index (χ3n) is 4.39. The van der Waals surface area contributed by atoms with Crippen molar-refractivity contribution in [1.29, 1.82) is 0 Å². The Labute approximate surface area is 239 Å². The second kappa shape index (κ2) is 11.1. The van der Waals surface area contributed by atoms with Gasteiger partial charge in [0.15, 0.2) is 0 Å². The fourth-order valence-electron chi connectivity index (χ4n) is 2.83. The van der Waals surface area contributed by atoms with Crippen molar-refractivity contribution in [2.75, 3.05) is 9.80 Å². The van der Waals surface area contributed by atoms with Gasteiger partial charge in [0.2, 0.25) is 0 Å². The van der Waals surface area contributed by atoms with E-state index in [4.69, 9.17) is 0 Å². The normalized spacial score (nSPS) is 15.3. The van der Waals surface area contributed by atoms with Crippen LogP contribution in [0, 0.1) is 0 Å². The quantitative estimate of drug-likeness (QED) is 0.243. The molecule has 0 aromatic heterocycles. The molecule has 0 spiro atoms. The molecule has 2 heterocycles. The van der Waals surface area contributed by atoms with Gasteiger partial charge in [-0.1, -0.05) is 0 Å². The zero-order chi connectivity index (χ0) is 25.3. The van der Waals surface area contributed by atoms with Crippen LogP contribution in [0.5, 0.6) is 0 Å². The van der Waals surface area contributed by atoms with Gasteiger partial charge in [-0.2, -0.15) is 0 Å². The summed E-state index contributed by atoms with van der Waals surface area (Å²) in [5.41, 5.74) is 0.440. The molecule has 0 N–H and O–H groups in total. The number of carbonyl (C=O) groups excluding carboxylic acids is 4. The second-order valence-corrected chi connectivity index (χ2v) is 9.35. The molecule has 176 valence electrons. The van der Waals surface area contributed by atoms with Crippen LogP contribution in [0.25, 0.3) is 0 Å². The molecule has 0 radical (unpaired) electrons. The molecule has 2 aliphatic rings. The summed E-state index contributed by atoms with van der Waals surface area (Å²) in [7, 11) is -9.05. The van der Waals surface area contributed by atoms with Gasteiger partial charge in [-0.3, -0.25) is 19.2 Å². The van der Waals surface area contributed by atoms with Crippen molar-refractivity contribution < 1.29 is 45.1 Å². The Balaban J connectivity index is 0.000000240. The molecule has 0 fully saturated rings. The molecular formula is C20H12BaN2O10S2. The molecule has 4 rings (SSSR count). The zero-order valence-corrected chi connectivity index (χ0v) is 23.5. The summed E-state index contributed by atoms with van der Waals surface area (Å²) in [6, 6.07) is 9.13. The van der Waals surface area contributed by atoms with Crippen LogP contribution in [-0.2, 0) is 39.4 Å². The Hall–Kier alpha value is -2.41. The number of hydrogen-bond donors (Lipinski definition) is 0. The maximum atomic E-state index is 11.3. The van der Waals surface area contributed by atoms with E-state index in [1.54, 1.807) is 0 Å². The minimum Gasteiger partial charge on any atom is -0.744 e. The average Bonchev–Trinajstić information content (AvgIpc) is 3.27. The van der Waals surface area contributed by atoms with Crippen molar-refractivity contribution in [2.24, 2.45) is 0 Å². The third kappa shape index (κ3) is 6.84. The van der Waals surface area contributed by atoms with Gasteiger partial charge in [-0.05, 0) is 48.5 Å².